The van der Waals surface area contributed by atoms with Gasteiger partial charge >= 0.3 is 5.97 Å². The number of aryl methyl sites for hydroxylation is 2. The molecular formula is C23H17N3O3. The van der Waals surface area contributed by atoms with Crippen molar-refractivity contribution in [1.29, 1.82) is 5.26 Å². The molecule has 6 nitrogen and oxygen atoms in total. The number of aromatic nitrogens is 2. The van der Waals surface area contributed by atoms with E-state index in [2.05, 4.69) is 16.0 Å². The number of carbonyl (C=O) groups is 1. The monoisotopic (exact) mass is 383 g/mol. The molecule has 0 aliphatic heterocycles. The van der Waals surface area contributed by atoms with E-state index in [1.54, 1.807) is 36.4 Å². The Morgan fingerprint density at radius 2 is 2.00 bits per heavy atom. The van der Waals surface area contributed by atoms with Gasteiger partial charge in [-0.1, -0.05) is 12.1 Å². The topological polar surface area (TPSA) is 103 Å². The van der Waals surface area contributed by atoms with E-state index in [-0.39, 0.29) is 5.56 Å². The lowest BCUT2D eigenvalue weighted by Gasteiger charge is -2.04. The summed E-state index contributed by atoms with van der Waals surface area (Å²) in [7, 11) is 0. The largest absolute Gasteiger partial charge is 0.478 e. The Kier molecular flexibility index (Phi) is 4.49. The summed E-state index contributed by atoms with van der Waals surface area (Å²) in [5.74, 6) is 0.489. The first kappa shape index (κ1) is 18.3. The van der Waals surface area contributed by atoms with Gasteiger partial charge in [-0.2, -0.15) is 5.26 Å². The molecule has 0 saturated carbocycles. The third-order valence-electron chi connectivity index (χ3n) is 4.68. The van der Waals surface area contributed by atoms with E-state index in [4.69, 9.17) is 4.42 Å². The molecule has 0 unspecified atom stereocenters. The molecule has 2 heterocycles. The number of fused-ring (bicyclic) bond motifs is 1. The Morgan fingerprint density at radius 3 is 2.76 bits per heavy atom. The minimum absolute atomic E-state index is 0.189. The van der Waals surface area contributed by atoms with Crippen molar-refractivity contribution in [2.75, 3.05) is 0 Å². The van der Waals surface area contributed by atoms with Gasteiger partial charge in [-0.3, -0.25) is 0 Å². The predicted octanol–water partition coefficient (Wildman–Crippen LogP) is 5.20. The van der Waals surface area contributed by atoms with E-state index in [1.165, 1.54) is 0 Å². The molecule has 0 fully saturated rings. The highest BCUT2D eigenvalue weighted by molar-refractivity contribution is 5.91. The summed E-state index contributed by atoms with van der Waals surface area (Å²) in [5, 5.41) is 18.8. The molecule has 4 aromatic rings. The third-order valence-corrected chi connectivity index (χ3v) is 4.68. The van der Waals surface area contributed by atoms with Gasteiger partial charge in [0, 0.05) is 11.6 Å². The second-order valence-electron chi connectivity index (χ2n) is 6.81. The van der Waals surface area contributed by atoms with Crippen molar-refractivity contribution < 1.29 is 14.3 Å². The molecule has 2 aromatic heterocycles. The molecular weight excluding hydrogens is 366 g/mol. The maximum atomic E-state index is 11.3. The highest BCUT2D eigenvalue weighted by Crippen LogP contribution is 2.28. The van der Waals surface area contributed by atoms with Crippen LogP contribution in [0.2, 0.25) is 0 Å². The van der Waals surface area contributed by atoms with Crippen LogP contribution >= 0.6 is 0 Å². The van der Waals surface area contributed by atoms with Crippen LogP contribution < -0.4 is 0 Å². The fraction of sp³-hybridized carbons (Fsp3) is 0.0870. The number of carboxylic acids is 1. The lowest BCUT2D eigenvalue weighted by Crippen LogP contribution is -1.96. The molecule has 0 amide bonds. The number of nitriles is 1. The number of allylic oxidation sites excluding steroid dienone is 1. The second kappa shape index (κ2) is 7.13. The molecule has 2 aromatic carbocycles. The van der Waals surface area contributed by atoms with Crippen LogP contribution in [-0.4, -0.2) is 21.0 Å². The first-order valence-electron chi connectivity index (χ1n) is 8.97. The van der Waals surface area contributed by atoms with Crippen molar-refractivity contribution in [2.45, 2.75) is 13.8 Å². The predicted molar refractivity (Wildman–Crippen MR) is 110 cm³/mol. The van der Waals surface area contributed by atoms with Crippen molar-refractivity contribution in [3.05, 3.63) is 76.8 Å². The molecule has 0 saturated heterocycles. The number of imidazole rings is 1. The van der Waals surface area contributed by atoms with Gasteiger partial charge in [-0.05, 0) is 61.4 Å². The second-order valence-corrected chi connectivity index (χ2v) is 6.81. The summed E-state index contributed by atoms with van der Waals surface area (Å²) in [5.41, 5.74) is 4.88. The molecule has 0 atom stereocenters. The Hall–Kier alpha value is -4.11. The number of carboxylic acid groups (broad SMARTS) is 1. The van der Waals surface area contributed by atoms with Crippen LogP contribution in [0.3, 0.4) is 0 Å². The molecule has 0 aliphatic rings. The molecule has 0 radical (unpaired) electrons. The Labute approximate surface area is 166 Å². The third kappa shape index (κ3) is 3.54. The smallest absolute Gasteiger partial charge is 0.335 e. The normalized spacial score (nSPS) is 11.6. The fourth-order valence-corrected chi connectivity index (χ4v) is 3.14. The molecule has 142 valence electrons. The number of H-pyrrole nitrogens is 1. The van der Waals surface area contributed by atoms with Gasteiger partial charge in [0.15, 0.2) is 0 Å². The van der Waals surface area contributed by atoms with E-state index in [9.17, 15) is 15.2 Å². The van der Waals surface area contributed by atoms with Crippen LogP contribution in [0.1, 0.15) is 33.1 Å². The zero-order valence-corrected chi connectivity index (χ0v) is 15.9. The molecule has 0 aliphatic carbocycles. The van der Waals surface area contributed by atoms with Crippen molar-refractivity contribution in [3.8, 4) is 17.4 Å². The molecule has 6 heteroatoms. The average molecular weight is 383 g/mol. The van der Waals surface area contributed by atoms with Gasteiger partial charge in [-0.25, -0.2) is 9.78 Å². The van der Waals surface area contributed by atoms with Gasteiger partial charge in [0.2, 0.25) is 0 Å². The lowest BCUT2D eigenvalue weighted by molar-refractivity contribution is 0.0697. The molecule has 4 rings (SSSR count). The highest BCUT2D eigenvalue weighted by atomic mass is 16.4. The number of hydrogen-bond donors (Lipinski definition) is 2. The van der Waals surface area contributed by atoms with Gasteiger partial charge in [-0.15, -0.1) is 0 Å². The summed E-state index contributed by atoms with van der Waals surface area (Å²) in [6.45, 7) is 3.88. The van der Waals surface area contributed by atoms with E-state index in [0.29, 0.717) is 28.5 Å². The zero-order chi connectivity index (χ0) is 20.5. The molecule has 0 bridgehead atoms. The van der Waals surface area contributed by atoms with Crippen LogP contribution in [0.15, 0.2) is 52.9 Å². The first-order chi connectivity index (χ1) is 13.9. The average Bonchev–Trinajstić information content (AvgIpc) is 3.32. The number of furan rings is 1. The van der Waals surface area contributed by atoms with Crippen LogP contribution in [0.25, 0.3) is 34.0 Å². The van der Waals surface area contributed by atoms with Crippen molar-refractivity contribution >= 4 is 28.7 Å². The van der Waals surface area contributed by atoms with Gasteiger partial charge in [0.05, 0.1) is 22.2 Å². The van der Waals surface area contributed by atoms with Crippen molar-refractivity contribution in [3.63, 3.8) is 0 Å². The Morgan fingerprint density at radius 1 is 1.17 bits per heavy atom. The molecule has 29 heavy (non-hydrogen) atoms. The van der Waals surface area contributed by atoms with Crippen LogP contribution in [0, 0.1) is 25.2 Å². The SMILES string of the molecule is Cc1ccc2nc(/C(C#N)=C\c3ccc(-c4cc(C(=O)O)ccc4C)o3)[nH]c2c1. The Balaban J connectivity index is 1.71. The summed E-state index contributed by atoms with van der Waals surface area (Å²) in [4.78, 5) is 18.9. The van der Waals surface area contributed by atoms with E-state index in [0.717, 1.165) is 22.2 Å². The van der Waals surface area contributed by atoms with Crippen LogP contribution in [0.4, 0.5) is 0 Å². The lowest BCUT2D eigenvalue weighted by atomic mass is 10.0. The number of benzene rings is 2. The number of nitrogens with zero attached hydrogens (tertiary/aromatic N) is 2. The van der Waals surface area contributed by atoms with E-state index >= 15 is 0 Å². The molecule has 2 N–H and O–H groups in total. The van der Waals surface area contributed by atoms with Crippen LogP contribution in [-0.2, 0) is 0 Å². The fourth-order valence-electron chi connectivity index (χ4n) is 3.14. The summed E-state index contributed by atoms with van der Waals surface area (Å²) >= 11 is 0. The zero-order valence-electron chi connectivity index (χ0n) is 15.9. The minimum Gasteiger partial charge on any atom is -0.478 e. The van der Waals surface area contributed by atoms with Crippen LogP contribution in [0.5, 0.6) is 0 Å². The van der Waals surface area contributed by atoms with E-state index in [1.807, 2.05) is 32.0 Å². The standard InChI is InChI=1S/C23H17N3O3/c1-13-3-7-19-20(9-13)26-22(25-19)16(12-24)10-17-6-8-21(29-17)18-11-15(23(27)28)5-4-14(18)2/h3-11H,1-2H3,(H,25,26)(H,27,28)/b16-10-. The summed E-state index contributed by atoms with van der Waals surface area (Å²) in [6.07, 6.45) is 1.62. The maximum absolute atomic E-state index is 11.3. The Bertz CT molecular complexity index is 1320. The van der Waals surface area contributed by atoms with Crippen molar-refractivity contribution in [2.24, 2.45) is 0 Å². The molecule has 0 spiro atoms. The number of nitrogens with one attached hydrogen (secondary N) is 1. The number of aromatic carboxylic acids is 1. The first-order valence-corrected chi connectivity index (χ1v) is 8.97. The number of aromatic amines is 1. The van der Waals surface area contributed by atoms with Crippen molar-refractivity contribution in [1.82, 2.24) is 9.97 Å². The van der Waals surface area contributed by atoms with Gasteiger partial charge in [0.25, 0.3) is 0 Å². The quantitative estimate of drug-likeness (QED) is 0.471. The van der Waals surface area contributed by atoms with E-state index < -0.39 is 5.97 Å². The maximum Gasteiger partial charge on any atom is 0.335 e. The summed E-state index contributed by atoms with van der Waals surface area (Å²) < 4.78 is 5.87. The summed E-state index contributed by atoms with van der Waals surface area (Å²) in [6, 6.07) is 16.4. The number of hydrogen-bond acceptors (Lipinski definition) is 4. The van der Waals surface area contributed by atoms with Gasteiger partial charge in [0.1, 0.15) is 23.4 Å². The highest BCUT2D eigenvalue weighted by Gasteiger charge is 2.13. The van der Waals surface area contributed by atoms with Gasteiger partial charge < -0.3 is 14.5 Å². The number of rotatable bonds is 4. The minimum atomic E-state index is -0.996.